The summed E-state index contributed by atoms with van der Waals surface area (Å²) < 4.78 is 0. The Kier molecular flexibility index (Phi) is 4.51. The van der Waals surface area contributed by atoms with Gasteiger partial charge in [0.25, 0.3) is 5.91 Å². The zero-order chi connectivity index (χ0) is 17.1. The van der Waals surface area contributed by atoms with E-state index in [0.717, 1.165) is 24.1 Å². The highest BCUT2D eigenvalue weighted by Gasteiger charge is 2.23. The fourth-order valence-electron chi connectivity index (χ4n) is 2.31. The third kappa shape index (κ3) is 4.13. The number of carbonyl (C=O) groups excluding carboxylic acids is 2. The highest BCUT2D eigenvalue weighted by molar-refractivity contribution is 6.00. The number of benzene rings is 2. The molecular weight excluding hydrogens is 302 g/mol. The first-order valence-electron chi connectivity index (χ1n) is 8.07. The van der Waals surface area contributed by atoms with Crippen LogP contribution in [-0.2, 0) is 0 Å². The van der Waals surface area contributed by atoms with Crippen LogP contribution in [0, 0.1) is 13.8 Å². The molecule has 3 amide bonds. The maximum Gasteiger partial charge on any atom is 0.323 e. The third-order valence-electron chi connectivity index (χ3n) is 4.08. The second-order valence-corrected chi connectivity index (χ2v) is 6.20. The van der Waals surface area contributed by atoms with Gasteiger partial charge in [-0.3, -0.25) is 4.79 Å². The summed E-state index contributed by atoms with van der Waals surface area (Å²) in [6, 6.07) is 12.7. The lowest BCUT2D eigenvalue weighted by Gasteiger charge is -2.10. The van der Waals surface area contributed by atoms with E-state index in [1.165, 1.54) is 5.56 Å². The van der Waals surface area contributed by atoms with E-state index in [4.69, 9.17) is 0 Å². The maximum atomic E-state index is 12.0. The molecule has 5 nitrogen and oxygen atoms in total. The first-order valence-corrected chi connectivity index (χ1v) is 8.07. The molecule has 3 rings (SSSR count). The SMILES string of the molecule is Cc1ccc(NC(=O)Nc2ccc(C(=O)NC3CC3)cc2)cc1C. The molecule has 2 aromatic rings. The molecule has 1 aliphatic rings. The van der Waals surface area contributed by atoms with E-state index in [-0.39, 0.29) is 11.9 Å². The topological polar surface area (TPSA) is 70.2 Å². The van der Waals surface area contributed by atoms with Gasteiger partial charge < -0.3 is 16.0 Å². The van der Waals surface area contributed by atoms with E-state index in [1.807, 2.05) is 32.0 Å². The molecule has 1 saturated carbocycles. The van der Waals surface area contributed by atoms with Gasteiger partial charge in [0.05, 0.1) is 0 Å². The Morgan fingerprint density at radius 1 is 0.875 bits per heavy atom. The van der Waals surface area contributed by atoms with Crippen LogP contribution in [0.1, 0.15) is 34.3 Å². The summed E-state index contributed by atoms with van der Waals surface area (Å²) in [7, 11) is 0. The number of hydrogen-bond donors (Lipinski definition) is 3. The zero-order valence-corrected chi connectivity index (χ0v) is 13.8. The van der Waals surface area contributed by atoms with E-state index in [2.05, 4.69) is 16.0 Å². The quantitative estimate of drug-likeness (QED) is 0.800. The summed E-state index contributed by atoms with van der Waals surface area (Å²) in [4.78, 5) is 24.0. The van der Waals surface area contributed by atoms with Crippen molar-refractivity contribution in [2.45, 2.75) is 32.7 Å². The van der Waals surface area contributed by atoms with E-state index >= 15 is 0 Å². The summed E-state index contributed by atoms with van der Waals surface area (Å²) in [6.45, 7) is 4.03. The van der Waals surface area contributed by atoms with Gasteiger partial charge in [-0.25, -0.2) is 4.79 Å². The van der Waals surface area contributed by atoms with Crippen molar-refractivity contribution < 1.29 is 9.59 Å². The maximum absolute atomic E-state index is 12.0. The molecule has 0 atom stereocenters. The number of urea groups is 1. The van der Waals surface area contributed by atoms with Crippen molar-refractivity contribution in [1.82, 2.24) is 5.32 Å². The lowest BCUT2D eigenvalue weighted by atomic mass is 10.1. The second kappa shape index (κ2) is 6.74. The molecule has 124 valence electrons. The zero-order valence-electron chi connectivity index (χ0n) is 13.8. The van der Waals surface area contributed by atoms with E-state index in [1.54, 1.807) is 24.3 Å². The number of hydrogen-bond acceptors (Lipinski definition) is 2. The van der Waals surface area contributed by atoms with Gasteiger partial charge >= 0.3 is 6.03 Å². The molecule has 1 aliphatic carbocycles. The number of rotatable bonds is 4. The number of nitrogens with one attached hydrogen (secondary N) is 3. The average molecular weight is 323 g/mol. The lowest BCUT2D eigenvalue weighted by molar-refractivity contribution is 0.0951. The Bertz CT molecular complexity index is 765. The second-order valence-electron chi connectivity index (χ2n) is 6.20. The molecule has 0 aromatic heterocycles. The van der Waals surface area contributed by atoms with Crippen molar-refractivity contribution in [3.05, 3.63) is 59.2 Å². The molecule has 0 radical (unpaired) electrons. The van der Waals surface area contributed by atoms with E-state index < -0.39 is 0 Å². The molecule has 0 heterocycles. The van der Waals surface area contributed by atoms with Gasteiger partial charge in [-0.05, 0) is 74.2 Å². The first-order chi connectivity index (χ1) is 11.5. The van der Waals surface area contributed by atoms with Crippen LogP contribution in [0.2, 0.25) is 0 Å². The van der Waals surface area contributed by atoms with Crippen molar-refractivity contribution in [1.29, 1.82) is 0 Å². The average Bonchev–Trinajstić information content (AvgIpc) is 3.35. The minimum atomic E-state index is -0.312. The van der Waals surface area contributed by atoms with Crippen LogP contribution in [0.3, 0.4) is 0 Å². The Balaban J connectivity index is 1.57. The minimum Gasteiger partial charge on any atom is -0.349 e. The Morgan fingerprint density at radius 3 is 2.12 bits per heavy atom. The van der Waals surface area contributed by atoms with E-state index in [9.17, 15) is 9.59 Å². The molecule has 5 heteroatoms. The van der Waals surface area contributed by atoms with Crippen LogP contribution in [0.25, 0.3) is 0 Å². The number of anilines is 2. The van der Waals surface area contributed by atoms with Crippen molar-refractivity contribution in [2.75, 3.05) is 10.6 Å². The van der Waals surface area contributed by atoms with Gasteiger partial charge in [-0.15, -0.1) is 0 Å². The molecule has 0 bridgehead atoms. The molecular formula is C19H21N3O2. The fourth-order valence-corrected chi connectivity index (χ4v) is 2.31. The molecule has 2 aromatic carbocycles. The van der Waals surface area contributed by atoms with Crippen LogP contribution in [0.15, 0.2) is 42.5 Å². The molecule has 1 fully saturated rings. The van der Waals surface area contributed by atoms with Gasteiger partial charge in [0.2, 0.25) is 0 Å². The summed E-state index contributed by atoms with van der Waals surface area (Å²) in [5.41, 5.74) is 4.29. The summed E-state index contributed by atoms with van der Waals surface area (Å²) in [5, 5.41) is 8.50. The molecule has 0 aliphatic heterocycles. The van der Waals surface area contributed by atoms with Gasteiger partial charge in [0.15, 0.2) is 0 Å². The minimum absolute atomic E-state index is 0.0661. The van der Waals surface area contributed by atoms with E-state index in [0.29, 0.717) is 17.3 Å². The highest BCUT2D eigenvalue weighted by atomic mass is 16.2. The molecule has 0 unspecified atom stereocenters. The highest BCUT2D eigenvalue weighted by Crippen LogP contribution is 2.20. The van der Waals surface area contributed by atoms with Crippen molar-refractivity contribution in [3.63, 3.8) is 0 Å². The Morgan fingerprint density at radius 2 is 1.50 bits per heavy atom. The van der Waals surface area contributed by atoms with Crippen LogP contribution >= 0.6 is 0 Å². The monoisotopic (exact) mass is 323 g/mol. The predicted octanol–water partition coefficient (Wildman–Crippen LogP) is 3.84. The molecule has 24 heavy (non-hydrogen) atoms. The number of amides is 3. The summed E-state index contributed by atoms with van der Waals surface area (Å²) >= 11 is 0. The fraction of sp³-hybridized carbons (Fsp3) is 0.263. The Labute approximate surface area is 141 Å². The lowest BCUT2D eigenvalue weighted by Crippen LogP contribution is -2.25. The first kappa shape index (κ1) is 16.1. The van der Waals surface area contributed by atoms with Crippen LogP contribution in [-0.4, -0.2) is 18.0 Å². The van der Waals surface area contributed by atoms with Gasteiger partial charge in [-0.1, -0.05) is 6.07 Å². The normalized spacial score (nSPS) is 13.2. The smallest absolute Gasteiger partial charge is 0.323 e. The van der Waals surface area contributed by atoms with Gasteiger partial charge in [-0.2, -0.15) is 0 Å². The number of carbonyl (C=O) groups is 2. The van der Waals surface area contributed by atoms with Crippen molar-refractivity contribution in [3.8, 4) is 0 Å². The van der Waals surface area contributed by atoms with Crippen LogP contribution in [0.5, 0.6) is 0 Å². The van der Waals surface area contributed by atoms with Crippen molar-refractivity contribution in [2.24, 2.45) is 0 Å². The van der Waals surface area contributed by atoms with Crippen LogP contribution < -0.4 is 16.0 Å². The molecule has 0 spiro atoms. The molecule has 0 saturated heterocycles. The predicted molar refractivity (Wildman–Crippen MR) is 95.5 cm³/mol. The summed E-state index contributed by atoms with van der Waals surface area (Å²) in [6.07, 6.45) is 2.12. The third-order valence-corrected chi connectivity index (χ3v) is 4.08. The van der Waals surface area contributed by atoms with Gasteiger partial charge in [0, 0.05) is 23.0 Å². The van der Waals surface area contributed by atoms with Gasteiger partial charge in [0.1, 0.15) is 0 Å². The molecule has 3 N–H and O–H groups in total. The number of aryl methyl sites for hydroxylation is 2. The van der Waals surface area contributed by atoms with Crippen LogP contribution in [0.4, 0.5) is 16.2 Å². The largest absolute Gasteiger partial charge is 0.349 e. The standard InChI is InChI=1S/C19H21N3O2/c1-12-3-6-17(11-13(12)2)22-19(24)21-16-7-4-14(5-8-16)18(23)20-15-9-10-15/h3-8,11,15H,9-10H2,1-2H3,(H,20,23)(H2,21,22,24). The van der Waals surface area contributed by atoms with Crippen molar-refractivity contribution >= 4 is 23.3 Å². The summed E-state index contributed by atoms with van der Waals surface area (Å²) in [5.74, 6) is -0.0661. The Hall–Kier alpha value is -2.82.